The van der Waals surface area contributed by atoms with Gasteiger partial charge in [-0.05, 0) is 31.7 Å². The van der Waals surface area contributed by atoms with E-state index in [9.17, 15) is 0 Å². The summed E-state index contributed by atoms with van der Waals surface area (Å²) >= 11 is 0. The number of hydrogen-bond acceptors (Lipinski definition) is 3. The Morgan fingerprint density at radius 3 is 2.69 bits per heavy atom. The van der Waals surface area contributed by atoms with E-state index in [1.54, 1.807) is 0 Å². The fourth-order valence-electron chi connectivity index (χ4n) is 2.61. The fourth-order valence-corrected chi connectivity index (χ4v) is 2.61. The summed E-state index contributed by atoms with van der Waals surface area (Å²) in [6.07, 6.45) is 1.37. The van der Waals surface area contributed by atoms with Gasteiger partial charge in [-0.3, -0.25) is 0 Å². The lowest BCUT2D eigenvalue weighted by Crippen LogP contribution is -2.59. The number of likely N-dealkylation sites (tertiary alicyclic amines) is 1. The molecule has 3 heteroatoms. The highest BCUT2D eigenvalue weighted by molar-refractivity contribution is 4.90. The van der Waals surface area contributed by atoms with Crippen LogP contribution in [0.15, 0.2) is 0 Å². The molecule has 94 valence electrons. The molecule has 2 aliphatic rings. The van der Waals surface area contributed by atoms with Crippen molar-refractivity contribution in [1.82, 2.24) is 10.2 Å². The van der Waals surface area contributed by atoms with Gasteiger partial charge in [-0.15, -0.1) is 0 Å². The van der Waals surface area contributed by atoms with Gasteiger partial charge in [-0.2, -0.15) is 0 Å². The van der Waals surface area contributed by atoms with Crippen LogP contribution in [0, 0.1) is 11.8 Å². The van der Waals surface area contributed by atoms with E-state index in [1.165, 1.54) is 19.5 Å². The van der Waals surface area contributed by atoms with Crippen LogP contribution in [0.2, 0.25) is 0 Å². The molecule has 1 unspecified atom stereocenters. The molecule has 0 aliphatic carbocycles. The van der Waals surface area contributed by atoms with Crippen LogP contribution >= 0.6 is 0 Å². The number of nitrogens with zero attached hydrogens (tertiary/aromatic N) is 1. The van der Waals surface area contributed by atoms with E-state index < -0.39 is 0 Å². The molecule has 0 aromatic rings. The van der Waals surface area contributed by atoms with E-state index >= 15 is 0 Å². The van der Waals surface area contributed by atoms with Crippen molar-refractivity contribution < 1.29 is 4.74 Å². The van der Waals surface area contributed by atoms with Crippen LogP contribution in [-0.2, 0) is 4.74 Å². The van der Waals surface area contributed by atoms with Crippen LogP contribution in [0.4, 0.5) is 0 Å². The molecule has 2 rings (SSSR count). The topological polar surface area (TPSA) is 24.5 Å². The molecule has 0 bridgehead atoms. The minimum atomic E-state index is 0.122. The first-order chi connectivity index (χ1) is 7.59. The van der Waals surface area contributed by atoms with Gasteiger partial charge in [-0.1, -0.05) is 13.8 Å². The lowest BCUT2D eigenvalue weighted by Gasteiger charge is -2.39. The fraction of sp³-hybridized carbons (Fsp3) is 1.00. The summed E-state index contributed by atoms with van der Waals surface area (Å²) in [6.45, 7) is 13.4. The SMILES string of the molecule is CC(C)C1CCN(CCOC2(C)CNC2)C1. The van der Waals surface area contributed by atoms with Crippen molar-refractivity contribution in [3.63, 3.8) is 0 Å². The Labute approximate surface area is 99.5 Å². The number of ether oxygens (including phenoxy) is 1. The maximum absolute atomic E-state index is 5.92. The van der Waals surface area contributed by atoms with Crippen molar-refractivity contribution >= 4 is 0 Å². The summed E-state index contributed by atoms with van der Waals surface area (Å²) in [6, 6.07) is 0. The number of hydrogen-bond donors (Lipinski definition) is 1. The van der Waals surface area contributed by atoms with Crippen molar-refractivity contribution in [2.75, 3.05) is 39.3 Å². The molecule has 2 heterocycles. The number of rotatable bonds is 5. The van der Waals surface area contributed by atoms with Gasteiger partial charge in [0.1, 0.15) is 0 Å². The Balaban J connectivity index is 1.60. The molecule has 0 saturated carbocycles. The second-order valence-corrected chi connectivity index (χ2v) is 6.00. The van der Waals surface area contributed by atoms with Crippen molar-refractivity contribution in [2.45, 2.75) is 32.8 Å². The van der Waals surface area contributed by atoms with E-state index in [2.05, 4.69) is 31.0 Å². The highest BCUT2D eigenvalue weighted by Crippen LogP contribution is 2.23. The Morgan fingerprint density at radius 1 is 1.44 bits per heavy atom. The molecule has 3 nitrogen and oxygen atoms in total. The third-order valence-corrected chi connectivity index (χ3v) is 4.11. The van der Waals surface area contributed by atoms with E-state index in [0.717, 1.165) is 38.1 Å². The van der Waals surface area contributed by atoms with Gasteiger partial charge in [-0.25, -0.2) is 0 Å². The van der Waals surface area contributed by atoms with Crippen molar-refractivity contribution in [3.8, 4) is 0 Å². The molecule has 0 amide bonds. The first-order valence-corrected chi connectivity index (χ1v) is 6.66. The molecule has 0 spiro atoms. The molecule has 16 heavy (non-hydrogen) atoms. The average molecular weight is 226 g/mol. The Hall–Kier alpha value is -0.120. The van der Waals surface area contributed by atoms with Crippen molar-refractivity contribution in [2.24, 2.45) is 11.8 Å². The summed E-state index contributed by atoms with van der Waals surface area (Å²) in [5.74, 6) is 1.74. The van der Waals surface area contributed by atoms with Crippen LogP contribution < -0.4 is 5.32 Å². The Kier molecular flexibility index (Phi) is 3.88. The molecule has 0 radical (unpaired) electrons. The normalized spacial score (nSPS) is 29.6. The Bertz CT molecular complexity index is 226. The van der Waals surface area contributed by atoms with Crippen LogP contribution in [-0.4, -0.2) is 49.8 Å². The molecule has 2 saturated heterocycles. The lowest BCUT2D eigenvalue weighted by molar-refractivity contribution is -0.0712. The largest absolute Gasteiger partial charge is 0.371 e. The van der Waals surface area contributed by atoms with Crippen LogP contribution in [0.25, 0.3) is 0 Å². The first-order valence-electron chi connectivity index (χ1n) is 6.66. The second kappa shape index (κ2) is 5.03. The minimum Gasteiger partial charge on any atom is -0.371 e. The summed E-state index contributed by atoms with van der Waals surface area (Å²) in [4.78, 5) is 2.56. The maximum atomic E-state index is 5.92. The highest BCUT2D eigenvalue weighted by Gasteiger charge is 2.32. The monoisotopic (exact) mass is 226 g/mol. The zero-order chi connectivity index (χ0) is 11.6. The van der Waals surface area contributed by atoms with E-state index in [0.29, 0.717) is 0 Å². The average Bonchev–Trinajstić information content (AvgIpc) is 2.64. The third kappa shape index (κ3) is 2.96. The molecule has 1 N–H and O–H groups in total. The number of nitrogens with one attached hydrogen (secondary N) is 1. The van der Waals surface area contributed by atoms with Crippen LogP contribution in [0.3, 0.4) is 0 Å². The van der Waals surface area contributed by atoms with Gasteiger partial charge in [0, 0.05) is 26.2 Å². The summed E-state index contributed by atoms with van der Waals surface area (Å²) in [5.41, 5.74) is 0.122. The molecule has 0 aromatic carbocycles. The standard InChI is InChI=1S/C13H26N2O/c1-11(2)12-4-5-15(8-12)6-7-16-13(3)9-14-10-13/h11-12,14H,4-10H2,1-3H3. The smallest absolute Gasteiger partial charge is 0.0902 e. The van der Waals surface area contributed by atoms with E-state index in [-0.39, 0.29) is 5.60 Å². The highest BCUT2D eigenvalue weighted by atomic mass is 16.5. The van der Waals surface area contributed by atoms with Gasteiger partial charge >= 0.3 is 0 Å². The third-order valence-electron chi connectivity index (χ3n) is 4.11. The van der Waals surface area contributed by atoms with Gasteiger partial charge < -0.3 is 15.0 Å². The molecule has 2 fully saturated rings. The van der Waals surface area contributed by atoms with Gasteiger partial charge in [0.05, 0.1) is 12.2 Å². The van der Waals surface area contributed by atoms with Crippen LogP contribution in [0.1, 0.15) is 27.2 Å². The Morgan fingerprint density at radius 2 is 2.19 bits per heavy atom. The molecule has 1 atom stereocenters. The summed E-state index contributed by atoms with van der Waals surface area (Å²) < 4.78 is 5.92. The molecular weight excluding hydrogens is 200 g/mol. The summed E-state index contributed by atoms with van der Waals surface area (Å²) in [5, 5.41) is 3.26. The van der Waals surface area contributed by atoms with Gasteiger partial charge in [0.15, 0.2) is 0 Å². The van der Waals surface area contributed by atoms with Crippen molar-refractivity contribution in [3.05, 3.63) is 0 Å². The quantitative estimate of drug-likeness (QED) is 0.766. The predicted octanol–water partition coefficient (Wildman–Crippen LogP) is 1.34. The first kappa shape index (κ1) is 12.3. The maximum Gasteiger partial charge on any atom is 0.0902 e. The molecular formula is C13H26N2O. The van der Waals surface area contributed by atoms with E-state index in [1.807, 2.05) is 0 Å². The zero-order valence-corrected chi connectivity index (χ0v) is 11.0. The van der Waals surface area contributed by atoms with Crippen molar-refractivity contribution in [1.29, 1.82) is 0 Å². The zero-order valence-electron chi connectivity index (χ0n) is 11.0. The van der Waals surface area contributed by atoms with Gasteiger partial charge in [0.25, 0.3) is 0 Å². The van der Waals surface area contributed by atoms with Gasteiger partial charge in [0.2, 0.25) is 0 Å². The van der Waals surface area contributed by atoms with E-state index in [4.69, 9.17) is 4.74 Å². The second-order valence-electron chi connectivity index (χ2n) is 6.00. The molecule has 2 aliphatic heterocycles. The van der Waals surface area contributed by atoms with Crippen LogP contribution in [0.5, 0.6) is 0 Å². The lowest BCUT2D eigenvalue weighted by atomic mass is 9.95. The summed E-state index contributed by atoms with van der Waals surface area (Å²) in [7, 11) is 0. The minimum absolute atomic E-state index is 0.122. The molecule has 0 aromatic heterocycles. The predicted molar refractivity (Wildman–Crippen MR) is 66.6 cm³/mol.